The molecule has 0 unspecified atom stereocenters. The minimum Gasteiger partial charge on any atom is -0.444 e. The molecular weight excluding hydrogens is 310 g/mol. The van der Waals surface area contributed by atoms with Gasteiger partial charge in [-0.15, -0.1) is 0 Å². The van der Waals surface area contributed by atoms with Gasteiger partial charge in [-0.25, -0.2) is 4.79 Å². The molecule has 0 aliphatic rings. The van der Waals surface area contributed by atoms with Crippen molar-refractivity contribution in [1.29, 1.82) is 0 Å². The highest BCUT2D eigenvalue weighted by molar-refractivity contribution is 5.90. The van der Waals surface area contributed by atoms with Gasteiger partial charge in [0.2, 0.25) is 11.8 Å². The third kappa shape index (κ3) is 10.1. The lowest BCUT2D eigenvalue weighted by Gasteiger charge is -2.26. The predicted molar refractivity (Wildman–Crippen MR) is 93.2 cm³/mol. The summed E-state index contributed by atoms with van der Waals surface area (Å²) in [5.74, 6) is -0.644. The van der Waals surface area contributed by atoms with Crippen LogP contribution in [0.2, 0.25) is 0 Å². The second-order valence-electron chi connectivity index (χ2n) is 7.92. The van der Waals surface area contributed by atoms with E-state index < -0.39 is 35.6 Å². The minimum atomic E-state index is -0.783. The first-order valence-corrected chi connectivity index (χ1v) is 8.41. The Kier molecular flexibility index (Phi) is 8.78. The number of nitrogens with two attached hydrogens (primary N) is 1. The molecule has 7 nitrogen and oxygen atoms in total. The molecule has 0 saturated heterocycles. The molecule has 4 N–H and O–H groups in total. The normalized spacial score (nSPS) is 14.2. The Bertz CT molecular complexity index is 442. The van der Waals surface area contributed by atoms with E-state index in [0.29, 0.717) is 12.8 Å². The monoisotopic (exact) mass is 343 g/mol. The molecule has 0 saturated carbocycles. The van der Waals surface area contributed by atoms with Crippen LogP contribution in [0.1, 0.15) is 61.3 Å². The van der Waals surface area contributed by atoms with Crippen LogP contribution in [-0.4, -0.2) is 35.6 Å². The lowest BCUT2D eigenvalue weighted by Crippen LogP contribution is -2.54. The lowest BCUT2D eigenvalue weighted by atomic mass is 10.0. The first-order chi connectivity index (χ1) is 10.8. The summed E-state index contributed by atoms with van der Waals surface area (Å²) in [5, 5.41) is 5.21. The van der Waals surface area contributed by atoms with Crippen molar-refractivity contribution in [3.8, 4) is 0 Å². The van der Waals surface area contributed by atoms with E-state index in [-0.39, 0.29) is 11.8 Å². The summed E-state index contributed by atoms with van der Waals surface area (Å²) in [7, 11) is 0. The summed E-state index contributed by atoms with van der Waals surface area (Å²) in [6.45, 7) is 13.0. The van der Waals surface area contributed by atoms with Gasteiger partial charge < -0.3 is 21.1 Å². The van der Waals surface area contributed by atoms with Crippen LogP contribution in [0, 0.1) is 11.8 Å². The summed E-state index contributed by atoms with van der Waals surface area (Å²) in [4.78, 5) is 36.0. The van der Waals surface area contributed by atoms with E-state index in [2.05, 4.69) is 10.6 Å². The van der Waals surface area contributed by atoms with Crippen molar-refractivity contribution >= 4 is 17.9 Å². The van der Waals surface area contributed by atoms with Crippen molar-refractivity contribution in [2.45, 2.75) is 79.0 Å². The van der Waals surface area contributed by atoms with Crippen molar-refractivity contribution < 1.29 is 19.1 Å². The lowest BCUT2D eigenvalue weighted by molar-refractivity contribution is -0.129. The van der Waals surface area contributed by atoms with Gasteiger partial charge in [-0.2, -0.15) is 0 Å². The van der Waals surface area contributed by atoms with Crippen LogP contribution in [0.4, 0.5) is 4.79 Å². The number of rotatable bonds is 8. The Morgan fingerprint density at radius 3 is 1.75 bits per heavy atom. The van der Waals surface area contributed by atoms with Gasteiger partial charge in [-0.3, -0.25) is 9.59 Å². The molecule has 0 spiro atoms. The van der Waals surface area contributed by atoms with Crippen LogP contribution >= 0.6 is 0 Å². The van der Waals surface area contributed by atoms with Gasteiger partial charge in [0.1, 0.15) is 17.7 Å². The fraction of sp³-hybridized carbons (Fsp3) is 0.824. The zero-order chi connectivity index (χ0) is 19.1. The van der Waals surface area contributed by atoms with Gasteiger partial charge >= 0.3 is 6.09 Å². The summed E-state index contributed by atoms with van der Waals surface area (Å²) < 4.78 is 5.20. The number of carbonyl (C=O) groups excluding carboxylic acids is 3. The third-order valence-corrected chi connectivity index (χ3v) is 3.08. The summed E-state index contributed by atoms with van der Waals surface area (Å²) >= 11 is 0. The van der Waals surface area contributed by atoms with E-state index in [9.17, 15) is 14.4 Å². The number of alkyl carbamates (subject to hydrolysis) is 1. The van der Waals surface area contributed by atoms with Gasteiger partial charge in [0.05, 0.1) is 0 Å². The molecule has 0 bridgehead atoms. The maximum atomic E-state index is 12.5. The average Bonchev–Trinajstić information content (AvgIpc) is 2.33. The summed E-state index contributed by atoms with van der Waals surface area (Å²) in [5.41, 5.74) is 4.70. The molecule has 0 fully saturated rings. The predicted octanol–water partition coefficient (Wildman–Crippen LogP) is 1.94. The second kappa shape index (κ2) is 9.49. The van der Waals surface area contributed by atoms with Crippen molar-refractivity contribution in [2.24, 2.45) is 17.6 Å². The zero-order valence-corrected chi connectivity index (χ0v) is 15.9. The Morgan fingerprint density at radius 2 is 1.38 bits per heavy atom. The Morgan fingerprint density at radius 1 is 0.917 bits per heavy atom. The topological polar surface area (TPSA) is 111 Å². The molecule has 0 aromatic rings. The highest BCUT2D eigenvalue weighted by Crippen LogP contribution is 2.11. The number of primary amides is 1. The number of ether oxygens (including phenoxy) is 1. The highest BCUT2D eigenvalue weighted by Gasteiger charge is 2.28. The SMILES string of the molecule is CC(C)C[C@H](NC(=O)[C@@H](CC(C)C)NC(=O)OC(C)(C)C)C(N)=O. The third-order valence-electron chi connectivity index (χ3n) is 3.08. The average molecular weight is 343 g/mol. The Hall–Kier alpha value is -1.79. The van der Waals surface area contributed by atoms with Crippen molar-refractivity contribution in [3.05, 3.63) is 0 Å². The van der Waals surface area contributed by atoms with E-state index in [1.807, 2.05) is 27.7 Å². The van der Waals surface area contributed by atoms with Crippen LogP contribution in [0.15, 0.2) is 0 Å². The van der Waals surface area contributed by atoms with Crippen molar-refractivity contribution in [2.75, 3.05) is 0 Å². The molecule has 3 amide bonds. The molecule has 0 aliphatic carbocycles. The molecule has 140 valence electrons. The van der Waals surface area contributed by atoms with Crippen LogP contribution in [0.25, 0.3) is 0 Å². The van der Waals surface area contributed by atoms with Crippen LogP contribution < -0.4 is 16.4 Å². The maximum absolute atomic E-state index is 12.5. The molecule has 7 heteroatoms. The van der Waals surface area contributed by atoms with Gasteiger partial charge in [-0.05, 0) is 45.4 Å². The van der Waals surface area contributed by atoms with E-state index in [1.54, 1.807) is 20.8 Å². The molecule has 0 radical (unpaired) electrons. The van der Waals surface area contributed by atoms with Crippen molar-refractivity contribution in [3.63, 3.8) is 0 Å². The number of hydrogen-bond donors (Lipinski definition) is 3. The molecule has 0 aromatic heterocycles. The first kappa shape index (κ1) is 22.2. The van der Waals surface area contributed by atoms with Crippen LogP contribution in [0.3, 0.4) is 0 Å². The highest BCUT2D eigenvalue weighted by atomic mass is 16.6. The van der Waals surface area contributed by atoms with Crippen LogP contribution in [-0.2, 0) is 14.3 Å². The fourth-order valence-electron chi connectivity index (χ4n) is 2.14. The fourth-order valence-corrected chi connectivity index (χ4v) is 2.14. The summed E-state index contributed by atoms with van der Waals surface area (Å²) in [6.07, 6.45) is 0.211. The van der Waals surface area contributed by atoms with Gasteiger partial charge in [0, 0.05) is 0 Å². The Balaban J connectivity index is 4.98. The Labute approximate surface area is 145 Å². The smallest absolute Gasteiger partial charge is 0.408 e. The quantitative estimate of drug-likeness (QED) is 0.625. The van der Waals surface area contributed by atoms with Gasteiger partial charge in [-0.1, -0.05) is 27.7 Å². The standard InChI is InChI=1S/C17H33N3O4/c1-10(2)8-12(14(18)21)19-15(22)13(9-11(3)4)20-16(23)24-17(5,6)7/h10-13H,8-9H2,1-7H3,(H2,18,21)(H,19,22)(H,20,23)/t12-,13+/m0/s1. The van der Waals surface area contributed by atoms with Gasteiger partial charge in [0.25, 0.3) is 0 Å². The van der Waals surface area contributed by atoms with Crippen molar-refractivity contribution in [1.82, 2.24) is 10.6 Å². The zero-order valence-electron chi connectivity index (χ0n) is 15.9. The minimum absolute atomic E-state index is 0.174. The van der Waals surface area contributed by atoms with E-state index in [1.165, 1.54) is 0 Å². The number of amides is 3. The molecular formula is C17H33N3O4. The number of hydrogen-bond acceptors (Lipinski definition) is 4. The molecule has 0 aromatic carbocycles. The van der Waals surface area contributed by atoms with Crippen LogP contribution in [0.5, 0.6) is 0 Å². The molecule has 24 heavy (non-hydrogen) atoms. The summed E-state index contributed by atoms with van der Waals surface area (Å²) in [6, 6.07) is -1.54. The second-order valence-corrected chi connectivity index (χ2v) is 7.92. The van der Waals surface area contributed by atoms with E-state index in [4.69, 9.17) is 10.5 Å². The van der Waals surface area contributed by atoms with E-state index >= 15 is 0 Å². The molecule has 0 aliphatic heterocycles. The largest absolute Gasteiger partial charge is 0.444 e. The number of carbonyl (C=O) groups is 3. The first-order valence-electron chi connectivity index (χ1n) is 8.41. The maximum Gasteiger partial charge on any atom is 0.408 e. The molecule has 0 rings (SSSR count). The number of nitrogens with one attached hydrogen (secondary N) is 2. The van der Waals surface area contributed by atoms with E-state index in [0.717, 1.165) is 0 Å². The van der Waals surface area contributed by atoms with Gasteiger partial charge in [0.15, 0.2) is 0 Å². The molecule has 2 atom stereocenters. The molecule has 0 heterocycles.